The molecule has 1 aliphatic rings. The Hall–Kier alpha value is -1.27. The molecule has 2 heterocycles. The van der Waals surface area contributed by atoms with Crippen molar-refractivity contribution in [2.45, 2.75) is 52.2 Å². The molecule has 0 radical (unpaired) electrons. The van der Waals surface area contributed by atoms with Gasteiger partial charge in [0.15, 0.2) is 0 Å². The Balaban J connectivity index is 2.06. The molecule has 112 valence electrons. The van der Waals surface area contributed by atoms with Gasteiger partial charge >= 0.3 is 0 Å². The highest BCUT2D eigenvalue weighted by atomic mass is 16.5. The number of ketones is 1. The number of rotatable bonds is 5. The monoisotopic (exact) mass is 281 g/mol. The van der Waals surface area contributed by atoms with Gasteiger partial charge in [0.2, 0.25) is 11.7 Å². The summed E-state index contributed by atoms with van der Waals surface area (Å²) in [5, 5.41) is 3.98. The van der Waals surface area contributed by atoms with Crippen molar-refractivity contribution in [1.82, 2.24) is 15.0 Å². The van der Waals surface area contributed by atoms with Crippen molar-refractivity contribution in [3.8, 4) is 0 Å². The van der Waals surface area contributed by atoms with E-state index in [1.165, 1.54) is 0 Å². The van der Waals surface area contributed by atoms with Crippen molar-refractivity contribution >= 4 is 5.78 Å². The molecular weight excluding hydrogens is 258 g/mol. The molecule has 6 nitrogen and oxygen atoms in total. The first-order valence-corrected chi connectivity index (χ1v) is 7.24. The Morgan fingerprint density at radius 1 is 1.45 bits per heavy atom. The molecule has 6 heteroatoms. The van der Waals surface area contributed by atoms with E-state index in [0.29, 0.717) is 30.8 Å². The SMILES string of the molecule is CCC(=O)C(C)c1nc(C2CN(C(C)C)CCO2)no1. The van der Waals surface area contributed by atoms with E-state index in [4.69, 9.17) is 9.26 Å². The lowest BCUT2D eigenvalue weighted by Crippen LogP contribution is -2.42. The molecule has 2 atom stereocenters. The third-order valence-corrected chi connectivity index (χ3v) is 3.78. The Kier molecular flexibility index (Phi) is 4.88. The number of ether oxygens (including phenoxy) is 1. The van der Waals surface area contributed by atoms with Crippen molar-refractivity contribution in [3.63, 3.8) is 0 Å². The molecule has 0 amide bonds. The van der Waals surface area contributed by atoms with Crippen LogP contribution in [0.3, 0.4) is 0 Å². The van der Waals surface area contributed by atoms with E-state index in [1.807, 2.05) is 6.92 Å². The van der Waals surface area contributed by atoms with Crippen molar-refractivity contribution in [2.24, 2.45) is 0 Å². The van der Waals surface area contributed by atoms with Crippen LogP contribution in [0.25, 0.3) is 0 Å². The van der Waals surface area contributed by atoms with Crippen LogP contribution in [0.5, 0.6) is 0 Å². The highest BCUT2D eigenvalue weighted by Crippen LogP contribution is 2.23. The van der Waals surface area contributed by atoms with E-state index in [9.17, 15) is 4.79 Å². The van der Waals surface area contributed by atoms with E-state index in [-0.39, 0.29) is 17.8 Å². The summed E-state index contributed by atoms with van der Waals surface area (Å²) in [5.74, 6) is 0.692. The van der Waals surface area contributed by atoms with Crippen molar-refractivity contribution < 1.29 is 14.1 Å². The number of carbonyl (C=O) groups excluding carboxylic acids is 1. The van der Waals surface area contributed by atoms with E-state index in [2.05, 4.69) is 28.9 Å². The summed E-state index contributed by atoms with van der Waals surface area (Å²) >= 11 is 0. The lowest BCUT2D eigenvalue weighted by atomic mass is 10.1. The molecule has 2 rings (SSSR count). The molecular formula is C14H23N3O3. The highest BCUT2D eigenvalue weighted by Gasteiger charge is 2.29. The summed E-state index contributed by atoms with van der Waals surface area (Å²) in [6.07, 6.45) is 0.299. The Morgan fingerprint density at radius 3 is 2.85 bits per heavy atom. The smallest absolute Gasteiger partial charge is 0.237 e. The molecule has 1 aromatic heterocycles. The zero-order chi connectivity index (χ0) is 14.7. The van der Waals surface area contributed by atoms with Gasteiger partial charge in [0.25, 0.3) is 0 Å². The fraction of sp³-hybridized carbons (Fsp3) is 0.786. The number of Topliss-reactive ketones (excluding diaryl/α,β-unsaturated/α-hetero) is 1. The van der Waals surface area contributed by atoms with Gasteiger partial charge in [0, 0.05) is 25.6 Å². The lowest BCUT2D eigenvalue weighted by Gasteiger charge is -2.34. The standard InChI is InChI=1S/C14H23N3O3/c1-5-11(18)10(4)14-15-13(16-20-14)12-8-17(9(2)3)6-7-19-12/h9-10,12H,5-8H2,1-4H3. The first-order valence-electron chi connectivity index (χ1n) is 7.24. The van der Waals surface area contributed by atoms with Crippen molar-refractivity contribution in [2.75, 3.05) is 19.7 Å². The number of morpholine rings is 1. The second-order valence-electron chi connectivity index (χ2n) is 5.48. The Labute approximate surface area is 119 Å². The van der Waals surface area contributed by atoms with Gasteiger partial charge in [-0.3, -0.25) is 9.69 Å². The minimum atomic E-state index is -0.342. The third kappa shape index (κ3) is 3.24. The minimum absolute atomic E-state index is 0.105. The van der Waals surface area contributed by atoms with Crippen LogP contribution in [0.1, 0.15) is 57.9 Å². The predicted octanol–water partition coefficient (Wildman–Crippen LogP) is 1.93. The first kappa shape index (κ1) is 15.1. The molecule has 1 saturated heterocycles. The van der Waals surface area contributed by atoms with Gasteiger partial charge in [-0.25, -0.2) is 0 Å². The van der Waals surface area contributed by atoms with Crippen molar-refractivity contribution in [1.29, 1.82) is 0 Å². The maximum atomic E-state index is 11.7. The maximum absolute atomic E-state index is 11.7. The average molecular weight is 281 g/mol. The fourth-order valence-electron chi connectivity index (χ4n) is 2.29. The number of hydrogen-bond donors (Lipinski definition) is 0. The zero-order valence-electron chi connectivity index (χ0n) is 12.6. The molecule has 1 aliphatic heterocycles. The number of hydrogen-bond acceptors (Lipinski definition) is 6. The predicted molar refractivity (Wildman–Crippen MR) is 73.4 cm³/mol. The van der Waals surface area contributed by atoms with E-state index < -0.39 is 0 Å². The molecule has 2 unspecified atom stereocenters. The average Bonchev–Trinajstić information content (AvgIpc) is 2.95. The normalized spacial score (nSPS) is 22.1. The summed E-state index contributed by atoms with van der Waals surface area (Å²) < 4.78 is 10.9. The molecule has 0 bridgehead atoms. The van der Waals surface area contributed by atoms with Crippen LogP contribution in [-0.4, -0.2) is 46.6 Å². The Bertz CT molecular complexity index is 458. The van der Waals surface area contributed by atoms with Crippen LogP contribution in [0.2, 0.25) is 0 Å². The molecule has 1 aromatic rings. The van der Waals surface area contributed by atoms with Gasteiger partial charge < -0.3 is 9.26 Å². The van der Waals surface area contributed by atoms with Gasteiger partial charge in [-0.15, -0.1) is 0 Å². The lowest BCUT2D eigenvalue weighted by molar-refractivity contribution is -0.120. The van der Waals surface area contributed by atoms with Crippen LogP contribution in [0, 0.1) is 0 Å². The quantitative estimate of drug-likeness (QED) is 0.821. The maximum Gasteiger partial charge on any atom is 0.237 e. The topological polar surface area (TPSA) is 68.5 Å². The molecule has 20 heavy (non-hydrogen) atoms. The van der Waals surface area contributed by atoms with Crippen LogP contribution in [-0.2, 0) is 9.53 Å². The number of carbonyl (C=O) groups is 1. The summed E-state index contributed by atoms with van der Waals surface area (Å²) in [5.41, 5.74) is 0. The zero-order valence-corrected chi connectivity index (χ0v) is 12.6. The summed E-state index contributed by atoms with van der Waals surface area (Å²) in [6.45, 7) is 10.3. The highest BCUT2D eigenvalue weighted by molar-refractivity contribution is 5.83. The molecule has 0 spiro atoms. The summed E-state index contributed by atoms with van der Waals surface area (Å²) in [7, 11) is 0. The summed E-state index contributed by atoms with van der Waals surface area (Å²) in [4.78, 5) is 18.3. The van der Waals surface area contributed by atoms with Crippen LogP contribution < -0.4 is 0 Å². The molecule has 0 aromatic carbocycles. The summed E-state index contributed by atoms with van der Waals surface area (Å²) in [6, 6.07) is 0.466. The minimum Gasteiger partial charge on any atom is -0.367 e. The van der Waals surface area contributed by atoms with E-state index >= 15 is 0 Å². The molecule has 0 saturated carbocycles. The molecule has 0 N–H and O–H groups in total. The van der Waals surface area contributed by atoms with Gasteiger partial charge in [-0.1, -0.05) is 12.1 Å². The van der Waals surface area contributed by atoms with E-state index in [1.54, 1.807) is 6.92 Å². The van der Waals surface area contributed by atoms with Crippen LogP contribution in [0.15, 0.2) is 4.52 Å². The largest absolute Gasteiger partial charge is 0.367 e. The van der Waals surface area contributed by atoms with Gasteiger partial charge in [0.05, 0.1) is 12.5 Å². The van der Waals surface area contributed by atoms with Crippen molar-refractivity contribution in [3.05, 3.63) is 11.7 Å². The van der Waals surface area contributed by atoms with Gasteiger partial charge in [0.1, 0.15) is 11.9 Å². The van der Waals surface area contributed by atoms with Crippen LogP contribution in [0.4, 0.5) is 0 Å². The van der Waals surface area contributed by atoms with E-state index in [0.717, 1.165) is 13.1 Å². The second-order valence-corrected chi connectivity index (χ2v) is 5.48. The molecule has 1 fully saturated rings. The Morgan fingerprint density at radius 2 is 2.20 bits per heavy atom. The fourth-order valence-corrected chi connectivity index (χ4v) is 2.29. The molecule has 0 aliphatic carbocycles. The number of nitrogens with zero attached hydrogens (tertiary/aromatic N) is 3. The van der Waals surface area contributed by atoms with Crippen LogP contribution >= 0.6 is 0 Å². The van der Waals surface area contributed by atoms with Gasteiger partial charge in [-0.2, -0.15) is 4.98 Å². The van der Waals surface area contributed by atoms with Gasteiger partial charge in [-0.05, 0) is 20.8 Å². The third-order valence-electron chi connectivity index (χ3n) is 3.78. The second kappa shape index (κ2) is 6.45. The first-order chi connectivity index (χ1) is 9.52. The number of aromatic nitrogens is 2.